The van der Waals surface area contributed by atoms with Crippen molar-refractivity contribution in [3.8, 4) is 0 Å². The topological polar surface area (TPSA) is 20.2 Å². The Hall–Kier alpha value is -0.960. The predicted molar refractivity (Wildman–Crippen MR) is 62.6 cm³/mol. The molecule has 1 saturated carbocycles. The Morgan fingerprint density at radius 2 is 2.12 bits per heavy atom. The average Bonchev–Trinajstić information content (AvgIpc) is 2.67. The van der Waals surface area contributed by atoms with Crippen LogP contribution in [0.4, 0.5) is 8.78 Å². The zero-order valence-electron chi connectivity index (χ0n) is 10.3. The molecule has 2 rings (SSSR count). The van der Waals surface area contributed by atoms with E-state index in [0.29, 0.717) is 24.3 Å². The molecule has 2 unspecified atom stereocenters. The van der Waals surface area contributed by atoms with Gasteiger partial charge in [-0.25, -0.2) is 8.78 Å². The Balaban J connectivity index is 2.44. The van der Waals surface area contributed by atoms with Gasteiger partial charge in [0.15, 0.2) is 0 Å². The maximum atomic E-state index is 14.0. The minimum atomic E-state index is -1.32. The molecule has 1 aliphatic rings. The van der Waals surface area contributed by atoms with E-state index in [1.54, 1.807) is 6.92 Å². The van der Waals surface area contributed by atoms with E-state index in [9.17, 15) is 13.9 Å². The molecular weight excluding hydrogens is 222 g/mol. The smallest absolute Gasteiger partial charge is 0.135 e. The molecule has 1 aliphatic carbocycles. The number of aryl methyl sites for hydroxylation is 1. The molecule has 0 bridgehead atoms. The van der Waals surface area contributed by atoms with Gasteiger partial charge < -0.3 is 5.11 Å². The van der Waals surface area contributed by atoms with E-state index in [0.717, 1.165) is 12.8 Å². The highest BCUT2D eigenvalue weighted by Crippen LogP contribution is 2.45. The molecule has 1 fully saturated rings. The van der Waals surface area contributed by atoms with Gasteiger partial charge in [-0.1, -0.05) is 19.4 Å². The number of halogens is 2. The maximum absolute atomic E-state index is 14.0. The Labute approximate surface area is 100 Å². The first-order valence-electron chi connectivity index (χ1n) is 6.15. The lowest BCUT2D eigenvalue weighted by molar-refractivity contribution is 0.0322. The van der Waals surface area contributed by atoms with Gasteiger partial charge in [0.1, 0.15) is 11.6 Å². The normalized spacial score (nSPS) is 28.6. The number of rotatable bonds is 2. The Bertz CT molecular complexity index is 430. The van der Waals surface area contributed by atoms with Crippen molar-refractivity contribution < 1.29 is 13.9 Å². The van der Waals surface area contributed by atoms with Crippen molar-refractivity contribution >= 4 is 0 Å². The van der Waals surface area contributed by atoms with E-state index in [4.69, 9.17) is 0 Å². The largest absolute Gasteiger partial charge is 0.385 e. The molecular formula is C14H18F2O. The average molecular weight is 240 g/mol. The van der Waals surface area contributed by atoms with Crippen LogP contribution < -0.4 is 0 Å². The van der Waals surface area contributed by atoms with Crippen LogP contribution in [-0.4, -0.2) is 5.11 Å². The monoisotopic (exact) mass is 240 g/mol. The molecule has 0 aliphatic heterocycles. The van der Waals surface area contributed by atoms with Crippen LogP contribution in [0, 0.1) is 24.5 Å². The molecule has 0 saturated heterocycles. The first-order chi connectivity index (χ1) is 7.98. The molecule has 0 spiro atoms. The Morgan fingerprint density at radius 3 is 2.71 bits per heavy atom. The zero-order valence-corrected chi connectivity index (χ0v) is 10.3. The van der Waals surface area contributed by atoms with E-state index >= 15 is 0 Å². The fourth-order valence-electron chi connectivity index (χ4n) is 2.78. The van der Waals surface area contributed by atoms with Crippen molar-refractivity contribution in [2.75, 3.05) is 0 Å². The molecule has 0 heterocycles. The predicted octanol–water partition coefficient (Wildman–Crippen LogP) is 3.67. The van der Waals surface area contributed by atoms with Gasteiger partial charge in [0, 0.05) is 0 Å². The van der Waals surface area contributed by atoms with Gasteiger partial charge in [-0.05, 0) is 43.7 Å². The first-order valence-corrected chi connectivity index (χ1v) is 6.15. The van der Waals surface area contributed by atoms with Crippen LogP contribution in [0.25, 0.3) is 0 Å². The van der Waals surface area contributed by atoms with E-state index in [2.05, 4.69) is 0 Å². The standard InChI is InChI=1S/C14H18F2O/c1-3-10-6-7-14(17,8-10)12-11(15)5-4-9(2)13(12)16/h4-5,10,17H,3,6-8H2,1-2H3. The highest BCUT2D eigenvalue weighted by Gasteiger charge is 2.41. The van der Waals surface area contributed by atoms with Gasteiger partial charge in [0.05, 0.1) is 11.2 Å². The van der Waals surface area contributed by atoms with E-state index in [1.807, 2.05) is 6.92 Å². The van der Waals surface area contributed by atoms with Crippen molar-refractivity contribution in [1.29, 1.82) is 0 Å². The summed E-state index contributed by atoms with van der Waals surface area (Å²) in [6.07, 6.45) is 2.68. The van der Waals surface area contributed by atoms with Crippen LogP contribution in [0.1, 0.15) is 43.7 Å². The molecule has 1 aromatic rings. The number of benzene rings is 1. The SMILES string of the molecule is CCC1CCC(O)(c2c(F)ccc(C)c2F)C1. The fraction of sp³-hybridized carbons (Fsp3) is 0.571. The zero-order chi connectivity index (χ0) is 12.6. The van der Waals surface area contributed by atoms with Gasteiger partial charge in [0.25, 0.3) is 0 Å². The lowest BCUT2D eigenvalue weighted by Gasteiger charge is -2.25. The van der Waals surface area contributed by atoms with Gasteiger partial charge in [-0.2, -0.15) is 0 Å². The summed E-state index contributed by atoms with van der Waals surface area (Å²) in [6, 6.07) is 2.65. The summed E-state index contributed by atoms with van der Waals surface area (Å²) < 4.78 is 27.7. The van der Waals surface area contributed by atoms with Crippen molar-refractivity contribution in [3.63, 3.8) is 0 Å². The number of aliphatic hydroxyl groups is 1. The summed E-state index contributed by atoms with van der Waals surface area (Å²) >= 11 is 0. The highest BCUT2D eigenvalue weighted by atomic mass is 19.1. The van der Waals surface area contributed by atoms with Gasteiger partial charge in [0.2, 0.25) is 0 Å². The lowest BCUT2D eigenvalue weighted by atomic mass is 9.88. The van der Waals surface area contributed by atoms with Gasteiger partial charge in [-0.15, -0.1) is 0 Å². The number of hydrogen-bond acceptors (Lipinski definition) is 1. The number of hydrogen-bond donors (Lipinski definition) is 1. The Kier molecular flexibility index (Phi) is 3.21. The third-order valence-corrected chi connectivity index (χ3v) is 3.92. The molecule has 1 aromatic carbocycles. The maximum Gasteiger partial charge on any atom is 0.135 e. The summed E-state index contributed by atoms with van der Waals surface area (Å²) in [5.74, 6) is -0.865. The van der Waals surface area contributed by atoms with Crippen LogP contribution >= 0.6 is 0 Å². The summed E-state index contributed by atoms with van der Waals surface area (Å²) in [6.45, 7) is 3.63. The van der Waals surface area contributed by atoms with Crippen LogP contribution in [0.2, 0.25) is 0 Å². The molecule has 94 valence electrons. The second-order valence-corrected chi connectivity index (χ2v) is 5.10. The fourth-order valence-corrected chi connectivity index (χ4v) is 2.78. The first kappa shape index (κ1) is 12.5. The molecule has 0 aromatic heterocycles. The van der Waals surface area contributed by atoms with Crippen LogP contribution in [0.5, 0.6) is 0 Å². The minimum Gasteiger partial charge on any atom is -0.385 e. The van der Waals surface area contributed by atoms with Gasteiger partial charge in [-0.3, -0.25) is 0 Å². The third kappa shape index (κ3) is 2.08. The summed E-state index contributed by atoms with van der Waals surface area (Å²) in [7, 11) is 0. The van der Waals surface area contributed by atoms with E-state index in [1.165, 1.54) is 12.1 Å². The molecule has 0 radical (unpaired) electrons. The van der Waals surface area contributed by atoms with Crippen molar-refractivity contribution in [3.05, 3.63) is 34.9 Å². The molecule has 17 heavy (non-hydrogen) atoms. The van der Waals surface area contributed by atoms with Crippen LogP contribution in [0.15, 0.2) is 12.1 Å². The molecule has 1 N–H and O–H groups in total. The second kappa shape index (κ2) is 4.37. The second-order valence-electron chi connectivity index (χ2n) is 5.10. The quantitative estimate of drug-likeness (QED) is 0.836. The summed E-state index contributed by atoms with van der Waals surface area (Å²) in [5, 5.41) is 10.5. The lowest BCUT2D eigenvalue weighted by Crippen LogP contribution is -2.25. The van der Waals surface area contributed by atoms with E-state index < -0.39 is 17.2 Å². The summed E-state index contributed by atoms with van der Waals surface area (Å²) in [5.41, 5.74) is -1.07. The van der Waals surface area contributed by atoms with Crippen molar-refractivity contribution in [2.24, 2.45) is 5.92 Å². The highest BCUT2D eigenvalue weighted by molar-refractivity contribution is 5.32. The third-order valence-electron chi connectivity index (χ3n) is 3.92. The minimum absolute atomic E-state index is 0.131. The molecule has 0 amide bonds. The molecule has 1 nitrogen and oxygen atoms in total. The van der Waals surface area contributed by atoms with Crippen LogP contribution in [-0.2, 0) is 5.60 Å². The van der Waals surface area contributed by atoms with Crippen molar-refractivity contribution in [2.45, 2.75) is 45.1 Å². The van der Waals surface area contributed by atoms with Crippen molar-refractivity contribution in [1.82, 2.24) is 0 Å². The molecule has 3 heteroatoms. The van der Waals surface area contributed by atoms with Crippen LogP contribution in [0.3, 0.4) is 0 Å². The summed E-state index contributed by atoms with van der Waals surface area (Å²) in [4.78, 5) is 0. The Morgan fingerprint density at radius 1 is 1.41 bits per heavy atom. The van der Waals surface area contributed by atoms with E-state index in [-0.39, 0.29) is 5.56 Å². The molecule has 2 atom stereocenters. The van der Waals surface area contributed by atoms with Gasteiger partial charge >= 0.3 is 0 Å².